The highest BCUT2D eigenvalue weighted by molar-refractivity contribution is 5.59. The lowest BCUT2D eigenvalue weighted by molar-refractivity contribution is 0.321. The Morgan fingerprint density at radius 1 is 0.765 bits per heavy atom. The van der Waals surface area contributed by atoms with Crippen LogP contribution in [0.2, 0.25) is 0 Å². The van der Waals surface area contributed by atoms with Crippen LogP contribution in [0, 0.1) is 5.41 Å². The molecule has 0 fully saturated rings. The molecule has 0 saturated heterocycles. The molecule has 0 aliphatic heterocycles. The summed E-state index contributed by atoms with van der Waals surface area (Å²) in [6.07, 6.45) is 15.9. The van der Waals surface area contributed by atoms with Gasteiger partial charge in [0.15, 0.2) is 0 Å². The Balaban J connectivity index is 3.46. The fourth-order valence-corrected chi connectivity index (χ4v) is 2.40. The van der Waals surface area contributed by atoms with Gasteiger partial charge < -0.3 is 0 Å². The number of hydrogen-bond donors (Lipinski definition) is 0. The van der Waals surface area contributed by atoms with Crippen LogP contribution in [0.5, 0.6) is 0 Å². The minimum absolute atomic E-state index is 0.137. The maximum Gasteiger partial charge on any atom is 0.205 e. The number of carbonyl (C=O) groups excluding carboxylic acids is 1. The molecule has 0 N–H and O–H groups in total. The zero-order chi connectivity index (χ0) is 13.0. The van der Waals surface area contributed by atoms with E-state index in [9.17, 15) is 4.79 Å². The standard InChI is InChI=1S/C16H31O/c1-4-7-8-9-10-11-12-13-14-16(5-2,6-3)15-17/h4-14H2,1-3H3. The van der Waals surface area contributed by atoms with E-state index in [1.54, 1.807) is 0 Å². The molecule has 0 aliphatic rings. The van der Waals surface area contributed by atoms with Crippen molar-refractivity contribution in [1.29, 1.82) is 0 Å². The van der Waals surface area contributed by atoms with Crippen molar-refractivity contribution in [3.05, 3.63) is 0 Å². The van der Waals surface area contributed by atoms with Crippen LogP contribution in [0.25, 0.3) is 0 Å². The van der Waals surface area contributed by atoms with Gasteiger partial charge in [-0.15, -0.1) is 0 Å². The van der Waals surface area contributed by atoms with Crippen LogP contribution >= 0.6 is 0 Å². The second-order valence-electron chi connectivity index (χ2n) is 5.31. The number of unbranched alkanes of at least 4 members (excludes halogenated alkanes) is 7. The lowest BCUT2D eigenvalue weighted by atomic mass is 9.79. The molecule has 0 heterocycles. The summed E-state index contributed by atoms with van der Waals surface area (Å²) in [6, 6.07) is 0. The summed E-state index contributed by atoms with van der Waals surface area (Å²) in [7, 11) is 0. The molecule has 0 atom stereocenters. The van der Waals surface area contributed by atoms with Crippen molar-refractivity contribution >= 4 is 6.29 Å². The third kappa shape index (κ3) is 7.57. The second-order valence-corrected chi connectivity index (χ2v) is 5.31. The van der Waals surface area contributed by atoms with Gasteiger partial charge in [-0.05, 0) is 19.3 Å². The van der Waals surface area contributed by atoms with E-state index in [1.165, 1.54) is 51.4 Å². The predicted octanol–water partition coefficient (Wildman–Crippen LogP) is 5.43. The largest absolute Gasteiger partial charge is 0.290 e. The molecule has 0 saturated carbocycles. The van der Waals surface area contributed by atoms with E-state index >= 15 is 0 Å². The average molecular weight is 239 g/mol. The van der Waals surface area contributed by atoms with Gasteiger partial charge in [-0.2, -0.15) is 0 Å². The van der Waals surface area contributed by atoms with Gasteiger partial charge in [-0.1, -0.05) is 72.1 Å². The predicted molar refractivity (Wildman–Crippen MR) is 75.9 cm³/mol. The van der Waals surface area contributed by atoms with Crippen molar-refractivity contribution in [1.82, 2.24) is 0 Å². The van der Waals surface area contributed by atoms with Crippen LogP contribution in [-0.2, 0) is 4.79 Å². The van der Waals surface area contributed by atoms with E-state index in [2.05, 4.69) is 27.1 Å². The minimum atomic E-state index is -0.137. The zero-order valence-corrected chi connectivity index (χ0v) is 12.2. The lowest BCUT2D eigenvalue weighted by Crippen LogP contribution is -2.20. The first-order chi connectivity index (χ1) is 8.24. The molecular weight excluding hydrogens is 208 g/mol. The summed E-state index contributed by atoms with van der Waals surface area (Å²) in [6.45, 7) is 6.48. The SMILES string of the molecule is CCCCCCCCCCC([C]=O)(CC)CC. The van der Waals surface area contributed by atoms with Crippen LogP contribution in [-0.4, -0.2) is 6.29 Å². The van der Waals surface area contributed by atoms with Gasteiger partial charge in [0.05, 0.1) is 0 Å². The highest BCUT2D eigenvalue weighted by atomic mass is 16.1. The van der Waals surface area contributed by atoms with Gasteiger partial charge in [0.1, 0.15) is 0 Å². The summed E-state index contributed by atoms with van der Waals surface area (Å²) >= 11 is 0. The molecule has 0 bridgehead atoms. The van der Waals surface area contributed by atoms with E-state index in [0.717, 1.165) is 19.3 Å². The van der Waals surface area contributed by atoms with E-state index in [1.807, 2.05) is 0 Å². The second kappa shape index (κ2) is 10.8. The first-order valence-corrected chi connectivity index (χ1v) is 7.64. The van der Waals surface area contributed by atoms with Crippen molar-refractivity contribution in [3.8, 4) is 0 Å². The van der Waals surface area contributed by atoms with Crippen molar-refractivity contribution in [3.63, 3.8) is 0 Å². The van der Waals surface area contributed by atoms with Crippen LogP contribution < -0.4 is 0 Å². The Morgan fingerprint density at radius 2 is 1.24 bits per heavy atom. The third-order valence-corrected chi connectivity index (χ3v) is 4.08. The molecule has 0 aliphatic carbocycles. The smallest absolute Gasteiger partial charge is 0.205 e. The molecular formula is C16H31O. The highest BCUT2D eigenvalue weighted by Gasteiger charge is 2.25. The Bertz CT molecular complexity index is 170. The molecule has 0 aromatic heterocycles. The molecule has 0 aromatic carbocycles. The van der Waals surface area contributed by atoms with Gasteiger partial charge in [0.25, 0.3) is 0 Å². The molecule has 17 heavy (non-hydrogen) atoms. The van der Waals surface area contributed by atoms with Gasteiger partial charge in [0.2, 0.25) is 6.29 Å². The number of hydrogen-bond acceptors (Lipinski definition) is 1. The molecule has 1 nitrogen and oxygen atoms in total. The first-order valence-electron chi connectivity index (χ1n) is 7.64. The maximum absolute atomic E-state index is 11.0. The first kappa shape index (κ1) is 16.7. The van der Waals surface area contributed by atoms with E-state index in [-0.39, 0.29) is 5.41 Å². The molecule has 0 aromatic rings. The quantitative estimate of drug-likeness (QED) is 0.415. The summed E-state index contributed by atoms with van der Waals surface area (Å²) in [5, 5.41) is 0. The van der Waals surface area contributed by atoms with Crippen molar-refractivity contribution in [2.75, 3.05) is 0 Å². The van der Waals surface area contributed by atoms with Gasteiger partial charge >= 0.3 is 0 Å². The van der Waals surface area contributed by atoms with Crippen LogP contribution in [0.1, 0.15) is 91.4 Å². The molecule has 101 valence electrons. The molecule has 1 radical (unpaired) electrons. The highest BCUT2D eigenvalue weighted by Crippen LogP contribution is 2.30. The van der Waals surface area contributed by atoms with Gasteiger partial charge in [0, 0.05) is 5.41 Å². The molecule has 0 spiro atoms. The Hall–Kier alpha value is -0.330. The molecule has 1 heteroatoms. The summed E-state index contributed by atoms with van der Waals surface area (Å²) in [5.41, 5.74) is -0.137. The van der Waals surface area contributed by atoms with Gasteiger partial charge in [-0.3, -0.25) is 4.79 Å². The summed E-state index contributed by atoms with van der Waals surface area (Å²) in [4.78, 5) is 11.0. The third-order valence-electron chi connectivity index (χ3n) is 4.08. The van der Waals surface area contributed by atoms with Crippen molar-refractivity contribution < 1.29 is 4.79 Å². The summed E-state index contributed by atoms with van der Waals surface area (Å²) in [5.74, 6) is 0. The fourth-order valence-electron chi connectivity index (χ4n) is 2.40. The molecule has 0 amide bonds. The van der Waals surface area contributed by atoms with Crippen molar-refractivity contribution in [2.45, 2.75) is 91.4 Å². The van der Waals surface area contributed by atoms with E-state index in [0.29, 0.717) is 0 Å². The Kier molecular flexibility index (Phi) is 10.6. The topological polar surface area (TPSA) is 17.1 Å². The van der Waals surface area contributed by atoms with Gasteiger partial charge in [-0.25, -0.2) is 0 Å². The minimum Gasteiger partial charge on any atom is -0.290 e. The van der Waals surface area contributed by atoms with Crippen LogP contribution in [0.3, 0.4) is 0 Å². The normalized spacial score (nSPS) is 11.7. The molecule has 0 unspecified atom stereocenters. The average Bonchev–Trinajstić information content (AvgIpc) is 2.38. The Labute approximate surface area is 108 Å². The monoisotopic (exact) mass is 239 g/mol. The number of rotatable bonds is 12. The van der Waals surface area contributed by atoms with E-state index in [4.69, 9.17) is 0 Å². The van der Waals surface area contributed by atoms with Crippen LogP contribution in [0.4, 0.5) is 0 Å². The summed E-state index contributed by atoms with van der Waals surface area (Å²) < 4.78 is 0. The molecule has 0 rings (SSSR count). The van der Waals surface area contributed by atoms with Crippen molar-refractivity contribution in [2.24, 2.45) is 5.41 Å². The lowest BCUT2D eigenvalue weighted by Gasteiger charge is -2.23. The Morgan fingerprint density at radius 3 is 1.65 bits per heavy atom. The fraction of sp³-hybridized carbons (Fsp3) is 0.938. The zero-order valence-electron chi connectivity index (χ0n) is 12.2. The van der Waals surface area contributed by atoms with E-state index < -0.39 is 0 Å². The maximum atomic E-state index is 11.0. The van der Waals surface area contributed by atoms with Crippen LogP contribution in [0.15, 0.2) is 0 Å².